The minimum Gasteiger partial charge on any atom is -0.0845 e. The van der Waals surface area contributed by atoms with Crippen LogP contribution in [0.25, 0.3) is 0 Å². The van der Waals surface area contributed by atoms with E-state index in [-0.39, 0.29) is 0 Å². The van der Waals surface area contributed by atoms with Gasteiger partial charge in [0.05, 0.1) is 0 Å². The van der Waals surface area contributed by atoms with Crippen molar-refractivity contribution in [1.82, 2.24) is 0 Å². The Morgan fingerprint density at radius 2 is 0.429 bits per heavy atom. The first-order valence-electron chi connectivity index (χ1n) is 12.3. The van der Waals surface area contributed by atoms with Crippen molar-refractivity contribution >= 4 is 0 Å². The van der Waals surface area contributed by atoms with Gasteiger partial charge in [-0.25, -0.2) is 0 Å². The molecule has 158 valence electrons. The van der Waals surface area contributed by atoms with E-state index >= 15 is 0 Å². The highest BCUT2D eigenvalue weighted by Crippen LogP contribution is 2.14. The van der Waals surface area contributed by atoms with E-state index in [0.717, 1.165) is 0 Å². The predicted molar refractivity (Wildman–Crippen MR) is 129 cm³/mol. The van der Waals surface area contributed by atoms with E-state index in [1.807, 2.05) is 0 Å². The van der Waals surface area contributed by atoms with Gasteiger partial charge in [0.15, 0.2) is 0 Å². The number of allylic oxidation sites excluding steroid dienone is 10. The van der Waals surface area contributed by atoms with Crippen molar-refractivity contribution in [2.24, 2.45) is 0 Å². The molecular formula is C28H46. The molecular weight excluding hydrogens is 336 g/mol. The molecule has 0 aromatic carbocycles. The normalized spacial score (nSPS) is 24.6. The van der Waals surface area contributed by atoms with Gasteiger partial charge in [0, 0.05) is 0 Å². The molecule has 0 bridgehead atoms. The Morgan fingerprint density at radius 1 is 0.214 bits per heavy atom. The fourth-order valence-corrected chi connectivity index (χ4v) is 3.73. The fraction of sp³-hybridized carbons (Fsp3) is 0.643. The summed E-state index contributed by atoms with van der Waals surface area (Å²) in [5.74, 6) is 0. The van der Waals surface area contributed by atoms with Gasteiger partial charge >= 0.3 is 0 Å². The van der Waals surface area contributed by atoms with Gasteiger partial charge in [-0.2, -0.15) is 0 Å². The average Bonchev–Trinajstić information content (AvgIpc) is 2.71. The molecule has 1 aliphatic rings. The summed E-state index contributed by atoms with van der Waals surface area (Å²) >= 11 is 0. The van der Waals surface area contributed by atoms with Crippen LogP contribution in [0.5, 0.6) is 0 Å². The van der Waals surface area contributed by atoms with E-state index in [2.05, 4.69) is 60.8 Å². The van der Waals surface area contributed by atoms with Crippen LogP contribution in [0.2, 0.25) is 0 Å². The molecule has 0 fully saturated rings. The molecule has 1 aliphatic carbocycles. The summed E-state index contributed by atoms with van der Waals surface area (Å²) in [6, 6.07) is 0. The van der Waals surface area contributed by atoms with Crippen LogP contribution < -0.4 is 0 Å². The molecule has 0 aromatic rings. The standard InChI is InChI=1S/C28H46/c1-2-4-6-8-10-12-14-16-18-20-22-24-26-28-27-25-23-21-19-17-15-13-11-9-7-5-3-1/h1-10H,11-28H2/b2-1-,5-3-,6-4-,9-7?,10-8?. The summed E-state index contributed by atoms with van der Waals surface area (Å²) in [6.45, 7) is 0. The molecule has 1 rings (SSSR count). The van der Waals surface area contributed by atoms with E-state index in [1.165, 1.54) is 116 Å². The van der Waals surface area contributed by atoms with Crippen LogP contribution in [-0.4, -0.2) is 0 Å². The van der Waals surface area contributed by atoms with Crippen molar-refractivity contribution in [3.8, 4) is 0 Å². The smallest absolute Gasteiger partial charge is 0.0348 e. The Kier molecular flexibility index (Phi) is 19.4. The van der Waals surface area contributed by atoms with Crippen LogP contribution in [-0.2, 0) is 0 Å². The third-order valence-corrected chi connectivity index (χ3v) is 5.54. The molecule has 0 unspecified atom stereocenters. The molecule has 0 amide bonds. The highest BCUT2D eigenvalue weighted by Gasteiger charge is 1.94. The molecule has 0 N–H and O–H groups in total. The van der Waals surface area contributed by atoms with Crippen molar-refractivity contribution in [2.75, 3.05) is 0 Å². The summed E-state index contributed by atoms with van der Waals surface area (Å²) in [6.07, 6.45) is 47.0. The van der Waals surface area contributed by atoms with Gasteiger partial charge in [0.25, 0.3) is 0 Å². The summed E-state index contributed by atoms with van der Waals surface area (Å²) < 4.78 is 0. The lowest BCUT2D eigenvalue weighted by molar-refractivity contribution is 0.528. The van der Waals surface area contributed by atoms with Crippen LogP contribution in [0.15, 0.2) is 60.8 Å². The van der Waals surface area contributed by atoms with Crippen LogP contribution in [0.1, 0.15) is 116 Å². The molecule has 0 radical (unpaired) electrons. The zero-order valence-corrected chi connectivity index (χ0v) is 18.5. The van der Waals surface area contributed by atoms with Crippen molar-refractivity contribution in [1.29, 1.82) is 0 Å². The highest BCUT2D eigenvalue weighted by molar-refractivity contribution is 5.17. The lowest BCUT2D eigenvalue weighted by Gasteiger charge is -2.03. The first kappa shape index (κ1) is 24.7. The molecule has 28 heavy (non-hydrogen) atoms. The van der Waals surface area contributed by atoms with E-state index < -0.39 is 0 Å². The molecule has 0 nitrogen and oxygen atoms in total. The van der Waals surface area contributed by atoms with Gasteiger partial charge in [-0.3, -0.25) is 0 Å². The second-order valence-electron chi connectivity index (χ2n) is 8.25. The molecule has 0 atom stereocenters. The number of hydrogen-bond acceptors (Lipinski definition) is 0. The van der Waals surface area contributed by atoms with Crippen molar-refractivity contribution in [3.05, 3.63) is 60.8 Å². The lowest BCUT2D eigenvalue weighted by atomic mass is 10.0. The first-order valence-corrected chi connectivity index (χ1v) is 12.3. The summed E-state index contributed by atoms with van der Waals surface area (Å²) in [7, 11) is 0. The lowest BCUT2D eigenvalue weighted by Crippen LogP contribution is -1.83. The maximum Gasteiger partial charge on any atom is -0.0348 e. The van der Waals surface area contributed by atoms with Gasteiger partial charge in [-0.05, 0) is 25.7 Å². The number of hydrogen-bond donors (Lipinski definition) is 0. The summed E-state index contributed by atoms with van der Waals surface area (Å²) in [4.78, 5) is 0. The summed E-state index contributed by atoms with van der Waals surface area (Å²) in [5, 5.41) is 0. The van der Waals surface area contributed by atoms with E-state index in [9.17, 15) is 0 Å². The number of rotatable bonds is 0. The first-order chi connectivity index (χ1) is 14.0. The Balaban J connectivity index is 2.21. The molecule has 0 saturated carbocycles. The monoisotopic (exact) mass is 382 g/mol. The maximum atomic E-state index is 2.30. The second kappa shape index (κ2) is 22.0. The Labute approximate surface area is 176 Å². The minimum absolute atomic E-state index is 1.22. The second-order valence-corrected chi connectivity index (χ2v) is 8.25. The largest absolute Gasteiger partial charge is 0.0845 e. The Hall–Kier alpha value is -1.30. The Morgan fingerprint density at radius 3 is 0.714 bits per heavy atom. The van der Waals surface area contributed by atoms with Crippen molar-refractivity contribution < 1.29 is 0 Å². The average molecular weight is 383 g/mol. The molecule has 0 aliphatic heterocycles. The third kappa shape index (κ3) is 19.5. The minimum atomic E-state index is 1.22. The van der Waals surface area contributed by atoms with Crippen LogP contribution in [0.4, 0.5) is 0 Å². The zero-order chi connectivity index (χ0) is 19.8. The molecule has 0 heterocycles. The fourth-order valence-electron chi connectivity index (χ4n) is 3.73. The predicted octanol–water partition coefficient (Wildman–Crippen LogP) is 9.80. The van der Waals surface area contributed by atoms with Gasteiger partial charge in [-0.15, -0.1) is 0 Å². The van der Waals surface area contributed by atoms with Crippen molar-refractivity contribution in [3.63, 3.8) is 0 Å². The van der Waals surface area contributed by atoms with Crippen molar-refractivity contribution in [2.45, 2.75) is 116 Å². The van der Waals surface area contributed by atoms with E-state index in [1.54, 1.807) is 0 Å². The molecule has 0 saturated heterocycles. The maximum absolute atomic E-state index is 2.30. The molecule has 0 spiro atoms. The van der Waals surface area contributed by atoms with Crippen LogP contribution in [0.3, 0.4) is 0 Å². The van der Waals surface area contributed by atoms with Gasteiger partial charge < -0.3 is 0 Å². The van der Waals surface area contributed by atoms with Gasteiger partial charge in [0.1, 0.15) is 0 Å². The zero-order valence-electron chi connectivity index (χ0n) is 18.5. The van der Waals surface area contributed by atoms with Crippen LogP contribution in [0, 0.1) is 0 Å². The molecule has 0 heteroatoms. The van der Waals surface area contributed by atoms with E-state index in [4.69, 9.17) is 0 Å². The highest BCUT2D eigenvalue weighted by atomic mass is 14.0. The van der Waals surface area contributed by atoms with Crippen LogP contribution >= 0.6 is 0 Å². The Bertz CT molecular complexity index is 405. The third-order valence-electron chi connectivity index (χ3n) is 5.54. The summed E-state index contributed by atoms with van der Waals surface area (Å²) in [5.41, 5.74) is 0. The SMILES string of the molecule is C1=CCCCCCCCCCCCCCCCCCCC=C\C=C/C=C\C=C/1. The van der Waals surface area contributed by atoms with E-state index in [0.29, 0.717) is 0 Å². The quantitative estimate of drug-likeness (QED) is 0.391. The molecule has 0 aromatic heterocycles. The van der Waals surface area contributed by atoms with Gasteiger partial charge in [-0.1, -0.05) is 151 Å². The topological polar surface area (TPSA) is 0 Å². The van der Waals surface area contributed by atoms with Gasteiger partial charge in [0.2, 0.25) is 0 Å².